The topological polar surface area (TPSA) is 60.1 Å². The first-order valence-corrected chi connectivity index (χ1v) is 9.41. The van der Waals surface area contributed by atoms with Crippen molar-refractivity contribution in [2.45, 2.75) is 56.5 Å². The van der Waals surface area contributed by atoms with E-state index in [9.17, 15) is 5.26 Å². The highest BCUT2D eigenvalue weighted by Gasteiger charge is 2.38. The quantitative estimate of drug-likeness (QED) is 0.843. The van der Waals surface area contributed by atoms with Crippen LogP contribution < -0.4 is 9.47 Å². The average Bonchev–Trinajstić information content (AvgIpc) is 3.31. The van der Waals surface area contributed by atoms with Gasteiger partial charge in [0.1, 0.15) is 0 Å². The van der Waals surface area contributed by atoms with Crippen LogP contribution in [0.15, 0.2) is 24.4 Å². The van der Waals surface area contributed by atoms with Crippen LogP contribution in [0.4, 0.5) is 0 Å². The number of hydrogen-bond donors (Lipinski definition) is 0. The lowest BCUT2D eigenvalue weighted by atomic mass is 9.70. The third-order valence-corrected chi connectivity index (χ3v) is 5.95. The standard InChI is InChI=1S/C21H25N3O2/c1-24-18-9-10-21(14-22,12-15(18)13-23-24)16-7-8-19(25-2)20(11-16)26-17-5-3-4-6-17/h7-8,11,13,17H,3-6,9-10,12H2,1-2H3. The highest BCUT2D eigenvalue weighted by Crippen LogP contribution is 2.42. The molecule has 0 amide bonds. The highest BCUT2D eigenvalue weighted by molar-refractivity contribution is 5.49. The normalized spacial score (nSPS) is 22.7. The van der Waals surface area contributed by atoms with Gasteiger partial charge in [0.05, 0.1) is 30.9 Å². The van der Waals surface area contributed by atoms with Crippen molar-refractivity contribution in [3.8, 4) is 17.6 Å². The zero-order valence-corrected chi connectivity index (χ0v) is 15.5. The molecule has 5 nitrogen and oxygen atoms in total. The molecule has 26 heavy (non-hydrogen) atoms. The molecule has 1 atom stereocenters. The minimum atomic E-state index is -0.532. The van der Waals surface area contributed by atoms with Crippen LogP contribution in [0.25, 0.3) is 0 Å². The molecule has 2 aliphatic carbocycles. The summed E-state index contributed by atoms with van der Waals surface area (Å²) in [6.45, 7) is 0. The summed E-state index contributed by atoms with van der Waals surface area (Å²) >= 11 is 0. The van der Waals surface area contributed by atoms with Crippen molar-refractivity contribution in [3.63, 3.8) is 0 Å². The predicted molar refractivity (Wildman–Crippen MR) is 98.4 cm³/mol. The Kier molecular flexibility index (Phi) is 4.36. The van der Waals surface area contributed by atoms with Gasteiger partial charge in [-0.05, 0) is 68.2 Å². The van der Waals surface area contributed by atoms with Crippen molar-refractivity contribution in [3.05, 3.63) is 41.2 Å². The molecule has 0 saturated heterocycles. The van der Waals surface area contributed by atoms with Gasteiger partial charge in [-0.3, -0.25) is 4.68 Å². The molecular formula is C21H25N3O2. The largest absolute Gasteiger partial charge is 0.493 e. The van der Waals surface area contributed by atoms with E-state index in [0.717, 1.165) is 42.7 Å². The monoisotopic (exact) mass is 351 g/mol. The molecule has 2 aliphatic rings. The molecule has 0 radical (unpaired) electrons. The van der Waals surface area contributed by atoms with Crippen molar-refractivity contribution in [2.24, 2.45) is 7.05 Å². The van der Waals surface area contributed by atoms with E-state index < -0.39 is 5.41 Å². The van der Waals surface area contributed by atoms with E-state index in [2.05, 4.69) is 11.2 Å². The van der Waals surface area contributed by atoms with E-state index in [4.69, 9.17) is 9.47 Å². The summed E-state index contributed by atoms with van der Waals surface area (Å²) in [4.78, 5) is 0. The van der Waals surface area contributed by atoms with Gasteiger partial charge in [-0.2, -0.15) is 10.4 Å². The van der Waals surface area contributed by atoms with Crippen LogP contribution >= 0.6 is 0 Å². The maximum Gasteiger partial charge on any atom is 0.161 e. The maximum atomic E-state index is 10.1. The summed E-state index contributed by atoms with van der Waals surface area (Å²) in [5, 5.41) is 14.4. The van der Waals surface area contributed by atoms with E-state index in [-0.39, 0.29) is 6.10 Å². The second kappa shape index (κ2) is 6.68. The minimum absolute atomic E-state index is 0.258. The van der Waals surface area contributed by atoms with Gasteiger partial charge in [0.2, 0.25) is 0 Å². The summed E-state index contributed by atoms with van der Waals surface area (Å²) < 4.78 is 13.7. The molecule has 0 spiro atoms. The molecule has 4 rings (SSSR count). The maximum absolute atomic E-state index is 10.1. The molecule has 0 bridgehead atoms. The molecule has 1 fully saturated rings. The number of ether oxygens (including phenoxy) is 2. The van der Waals surface area contributed by atoms with Gasteiger partial charge in [0.25, 0.3) is 0 Å². The Hall–Kier alpha value is -2.48. The van der Waals surface area contributed by atoms with Gasteiger partial charge in [-0.15, -0.1) is 0 Å². The SMILES string of the molecule is COc1ccc(C2(C#N)CCc3c(cnn3C)C2)cc1OC1CCCC1. The van der Waals surface area contributed by atoms with Gasteiger partial charge in [0.15, 0.2) is 11.5 Å². The number of aromatic nitrogens is 2. The molecule has 0 N–H and O–H groups in total. The fourth-order valence-electron chi connectivity index (χ4n) is 4.38. The second-order valence-electron chi connectivity index (χ2n) is 7.50. The van der Waals surface area contributed by atoms with Gasteiger partial charge in [-0.25, -0.2) is 0 Å². The molecule has 5 heteroatoms. The van der Waals surface area contributed by atoms with Crippen LogP contribution in [-0.2, 0) is 25.3 Å². The molecule has 1 aromatic carbocycles. The number of benzene rings is 1. The number of nitriles is 1. The van der Waals surface area contributed by atoms with E-state index in [1.54, 1.807) is 7.11 Å². The van der Waals surface area contributed by atoms with Crippen LogP contribution in [0.2, 0.25) is 0 Å². The molecule has 1 heterocycles. The number of fused-ring (bicyclic) bond motifs is 1. The van der Waals surface area contributed by atoms with Crippen LogP contribution in [-0.4, -0.2) is 23.0 Å². The Bertz CT molecular complexity index is 845. The molecular weight excluding hydrogens is 326 g/mol. The van der Waals surface area contributed by atoms with Crippen molar-refractivity contribution in [1.82, 2.24) is 9.78 Å². The van der Waals surface area contributed by atoms with Gasteiger partial charge < -0.3 is 9.47 Å². The fraction of sp³-hybridized carbons (Fsp3) is 0.524. The molecule has 1 unspecified atom stereocenters. The third kappa shape index (κ3) is 2.84. The summed E-state index contributed by atoms with van der Waals surface area (Å²) in [6, 6.07) is 8.60. The summed E-state index contributed by atoms with van der Waals surface area (Å²) in [5.74, 6) is 1.51. The summed E-state index contributed by atoms with van der Waals surface area (Å²) in [6.07, 6.45) is 9.15. The first-order chi connectivity index (χ1) is 12.6. The Balaban J connectivity index is 1.68. The predicted octanol–water partition coefficient (Wildman–Crippen LogP) is 3.70. The highest BCUT2D eigenvalue weighted by atomic mass is 16.5. The van der Waals surface area contributed by atoms with Crippen molar-refractivity contribution >= 4 is 0 Å². The van der Waals surface area contributed by atoms with Crippen molar-refractivity contribution in [2.75, 3.05) is 7.11 Å². The first-order valence-electron chi connectivity index (χ1n) is 9.41. The smallest absolute Gasteiger partial charge is 0.161 e. The van der Waals surface area contributed by atoms with E-state index >= 15 is 0 Å². The minimum Gasteiger partial charge on any atom is -0.493 e. The lowest BCUT2D eigenvalue weighted by Gasteiger charge is -2.32. The number of hydrogen-bond acceptors (Lipinski definition) is 4. The lowest BCUT2D eigenvalue weighted by Crippen LogP contribution is -2.32. The Labute approximate surface area is 154 Å². The number of nitrogens with zero attached hydrogens (tertiary/aromatic N) is 3. The number of methoxy groups -OCH3 is 1. The van der Waals surface area contributed by atoms with E-state index in [1.807, 2.05) is 36.1 Å². The summed E-state index contributed by atoms with van der Waals surface area (Å²) in [5.41, 5.74) is 2.90. The zero-order chi connectivity index (χ0) is 18.1. The summed E-state index contributed by atoms with van der Waals surface area (Å²) in [7, 11) is 3.64. The van der Waals surface area contributed by atoms with E-state index in [1.165, 1.54) is 24.1 Å². The Morgan fingerprint density at radius 2 is 2.08 bits per heavy atom. The molecule has 1 saturated carbocycles. The fourth-order valence-corrected chi connectivity index (χ4v) is 4.38. The molecule has 2 aromatic rings. The van der Waals surface area contributed by atoms with Crippen LogP contribution in [0.1, 0.15) is 48.9 Å². The van der Waals surface area contributed by atoms with Crippen LogP contribution in [0.5, 0.6) is 11.5 Å². The average molecular weight is 351 g/mol. The van der Waals surface area contributed by atoms with Gasteiger partial charge in [0, 0.05) is 12.7 Å². The molecule has 1 aromatic heterocycles. The molecule has 136 valence electrons. The van der Waals surface area contributed by atoms with Crippen molar-refractivity contribution < 1.29 is 9.47 Å². The molecule has 0 aliphatic heterocycles. The van der Waals surface area contributed by atoms with Crippen LogP contribution in [0, 0.1) is 11.3 Å². The zero-order valence-electron chi connectivity index (χ0n) is 15.5. The van der Waals surface area contributed by atoms with Crippen molar-refractivity contribution in [1.29, 1.82) is 5.26 Å². The Morgan fingerprint density at radius 3 is 2.81 bits per heavy atom. The van der Waals surface area contributed by atoms with Gasteiger partial charge in [-0.1, -0.05) is 6.07 Å². The Morgan fingerprint density at radius 1 is 1.27 bits per heavy atom. The van der Waals surface area contributed by atoms with Crippen LogP contribution in [0.3, 0.4) is 0 Å². The first kappa shape index (κ1) is 17.0. The number of rotatable bonds is 4. The lowest BCUT2D eigenvalue weighted by molar-refractivity contribution is 0.200. The third-order valence-electron chi connectivity index (χ3n) is 5.95. The second-order valence-corrected chi connectivity index (χ2v) is 7.50. The van der Waals surface area contributed by atoms with E-state index in [0.29, 0.717) is 6.42 Å². The number of aryl methyl sites for hydroxylation is 1. The van der Waals surface area contributed by atoms with Gasteiger partial charge >= 0.3 is 0 Å².